The van der Waals surface area contributed by atoms with E-state index in [2.05, 4.69) is 25.9 Å². The lowest BCUT2D eigenvalue weighted by Crippen LogP contribution is -2.46. The van der Waals surface area contributed by atoms with Crippen LogP contribution in [0, 0.1) is 17.8 Å². The van der Waals surface area contributed by atoms with Crippen LogP contribution in [0.1, 0.15) is 55.6 Å². The smallest absolute Gasteiger partial charge is 0.272 e. The van der Waals surface area contributed by atoms with Crippen molar-refractivity contribution in [1.29, 1.82) is 0 Å². The minimum Gasteiger partial charge on any atom is -0.356 e. The van der Waals surface area contributed by atoms with E-state index in [0.717, 1.165) is 16.3 Å². The molecule has 3 amide bonds. The molecule has 0 aliphatic carbocycles. The van der Waals surface area contributed by atoms with E-state index in [4.69, 9.17) is 0 Å². The summed E-state index contributed by atoms with van der Waals surface area (Å²) in [5, 5.41) is 10.3. The van der Waals surface area contributed by atoms with E-state index in [1.807, 2.05) is 56.3 Å². The highest BCUT2D eigenvalue weighted by molar-refractivity contribution is 5.98. The lowest BCUT2D eigenvalue weighted by atomic mass is 9.87. The zero-order chi connectivity index (χ0) is 30.1. The number of rotatable bonds is 14. The number of aromatic nitrogens is 2. The first kappa shape index (κ1) is 30.5. The molecule has 1 aliphatic rings. The van der Waals surface area contributed by atoms with Gasteiger partial charge >= 0.3 is 0 Å². The lowest BCUT2D eigenvalue weighted by Gasteiger charge is -2.24. The van der Waals surface area contributed by atoms with Crippen molar-refractivity contribution in [3.05, 3.63) is 72.3 Å². The predicted molar refractivity (Wildman–Crippen MR) is 157 cm³/mol. The van der Waals surface area contributed by atoms with Crippen LogP contribution in [0.5, 0.6) is 0 Å². The first-order valence-corrected chi connectivity index (χ1v) is 14.3. The average molecular weight is 572 g/mol. The van der Waals surface area contributed by atoms with Gasteiger partial charge in [0.2, 0.25) is 11.8 Å². The summed E-state index contributed by atoms with van der Waals surface area (Å²) >= 11 is 0. The predicted octanol–water partition coefficient (Wildman–Crippen LogP) is 2.80. The molecule has 0 unspecified atom stereocenters. The second kappa shape index (κ2) is 14.4. The molecule has 0 spiro atoms. The van der Waals surface area contributed by atoms with Gasteiger partial charge in [0.05, 0.1) is 18.3 Å². The number of Topliss-reactive ketones (excluding diaryl/α,β-unsaturated/α-hetero) is 1. The van der Waals surface area contributed by atoms with Crippen molar-refractivity contribution in [3.63, 3.8) is 0 Å². The van der Waals surface area contributed by atoms with Gasteiger partial charge < -0.3 is 20.7 Å². The summed E-state index contributed by atoms with van der Waals surface area (Å²) in [5.74, 6) is -2.36. The maximum atomic E-state index is 13.9. The number of benzene rings is 2. The summed E-state index contributed by atoms with van der Waals surface area (Å²) in [6.07, 6.45) is 6.14. The molecule has 1 aromatic heterocycles. The van der Waals surface area contributed by atoms with Crippen LogP contribution in [0.3, 0.4) is 0 Å². The van der Waals surface area contributed by atoms with Crippen LogP contribution < -0.4 is 16.0 Å². The third-order valence-corrected chi connectivity index (χ3v) is 7.56. The van der Waals surface area contributed by atoms with Crippen LogP contribution in [0.15, 0.2) is 61.1 Å². The third-order valence-electron chi connectivity index (χ3n) is 7.56. The minimum absolute atomic E-state index is 0.0782. The number of hydrogen-bond donors (Lipinski definition) is 3. The van der Waals surface area contributed by atoms with Gasteiger partial charge in [0, 0.05) is 43.6 Å². The average Bonchev–Trinajstić information content (AvgIpc) is 3.40. The Morgan fingerprint density at radius 1 is 1.07 bits per heavy atom. The molecule has 0 saturated carbocycles. The van der Waals surface area contributed by atoms with Crippen LogP contribution in [-0.4, -0.2) is 58.4 Å². The van der Waals surface area contributed by atoms with Crippen LogP contribution in [0.2, 0.25) is 0 Å². The van der Waals surface area contributed by atoms with Gasteiger partial charge in [-0.15, -0.1) is 0 Å². The highest BCUT2D eigenvalue weighted by Gasteiger charge is 2.32. The van der Waals surface area contributed by atoms with E-state index in [-0.39, 0.29) is 48.5 Å². The molecule has 10 nitrogen and oxygen atoms in total. The number of ketones is 1. The Bertz CT molecular complexity index is 1420. The molecular weight excluding hydrogens is 534 g/mol. The number of nitrogens with one attached hydrogen (secondary N) is 3. The summed E-state index contributed by atoms with van der Waals surface area (Å²) in [5.41, 5.74) is 0.959. The summed E-state index contributed by atoms with van der Waals surface area (Å²) in [6, 6.07) is 11.8. The molecule has 2 heterocycles. The number of amides is 3. The molecule has 0 radical (unpaired) electrons. The summed E-state index contributed by atoms with van der Waals surface area (Å²) in [7, 11) is 0. The quantitative estimate of drug-likeness (QED) is 0.252. The van der Waals surface area contributed by atoms with Crippen molar-refractivity contribution in [2.24, 2.45) is 17.8 Å². The van der Waals surface area contributed by atoms with Crippen LogP contribution >= 0.6 is 0 Å². The van der Waals surface area contributed by atoms with Crippen molar-refractivity contribution in [3.8, 4) is 0 Å². The van der Waals surface area contributed by atoms with Gasteiger partial charge in [-0.3, -0.25) is 24.2 Å². The molecule has 1 saturated heterocycles. The van der Waals surface area contributed by atoms with E-state index in [9.17, 15) is 24.0 Å². The molecule has 4 atom stereocenters. The molecule has 10 heteroatoms. The maximum absolute atomic E-state index is 13.9. The number of nitrogens with zero attached hydrogens (tertiary/aromatic N) is 2. The molecule has 3 aromatic rings. The highest BCUT2D eigenvalue weighted by Crippen LogP contribution is 2.23. The van der Waals surface area contributed by atoms with Crippen molar-refractivity contribution in [1.82, 2.24) is 25.9 Å². The van der Waals surface area contributed by atoms with E-state index in [1.165, 1.54) is 18.6 Å². The molecule has 0 bridgehead atoms. The Kier molecular flexibility index (Phi) is 10.5. The standard InChI is InChI=1S/C32H37N5O5/c1-20(2)14-24(31(41)36-25(19-38)15-23-10-11-35-30(23)40)17-29(39)27(37-32(42)28-18-33-12-13-34-28)16-22-8-5-7-21-6-3-4-9-26(21)22/h3-9,12-13,18-20,23-25,27H,10-11,14-17H2,1-2H3,(H,35,40)(H,36,41)(H,37,42)/t23-,24+,25-,27-/m0/s1. The van der Waals surface area contributed by atoms with Crippen LogP contribution in [-0.2, 0) is 25.6 Å². The van der Waals surface area contributed by atoms with E-state index in [0.29, 0.717) is 25.7 Å². The van der Waals surface area contributed by atoms with Gasteiger partial charge in [-0.05, 0) is 41.5 Å². The number of aldehydes is 1. The number of carbonyl (C=O) groups excluding carboxylic acids is 5. The van der Waals surface area contributed by atoms with Gasteiger partial charge in [-0.25, -0.2) is 4.98 Å². The summed E-state index contributed by atoms with van der Waals surface area (Å²) in [6.45, 7) is 4.45. The Morgan fingerprint density at radius 3 is 2.55 bits per heavy atom. The van der Waals surface area contributed by atoms with Crippen LogP contribution in [0.25, 0.3) is 10.8 Å². The maximum Gasteiger partial charge on any atom is 0.272 e. The Hall–Kier alpha value is -4.47. The summed E-state index contributed by atoms with van der Waals surface area (Å²) in [4.78, 5) is 72.2. The molecule has 1 fully saturated rings. The van der Waals surface area contributed by atoms with E-state index in [1.54, 1.807) is 0 Å². The van der Waals surface area contributed by atoms with Gasteiger partial charge in [0.1, 0.15) is 12.0 Å². The zero-order valence-corrected chi connectivity index (χ0v) is 23.9. The summed E-state index contributed by atoms with van der Waals surface area (Å²) < 4.78 is 0. The molecular formula is C32H37N5O5. The normalized spacial score (nSPS) is 16.8. The third kappa shape index (κ3) is 8.05. The largest absolute Gasteiger partial charge is 0.356 e. The van der Waals surface area contributed by atoms with Gasteiger partial charge in [0.25, 0.3) is 5.91 Å². The molecule has 3 N–H and O–H groups in total. The van der Waals surface area contributed by atoms with Crippen molar-refractivity contribution in [2.45, 2.75) is 58.0 Å². The van der Waals surface area contributed by atoms with Crippen molar-refractivity contribution < 1.29 is 24.0 Å². The molecule has 220 valence electrons. The fourth-order valence-electron chi connectivity index (χ4n) is 5.45. The highest BCUT2D eigenvalue weighted by atomic mass is 16.2. The minimum atomic E-state index is -0.933. The van der Waals surface area contributed by atoms with Gasteiger partial charge in [-0.1, -0.05) is 56.3 Å². The first-order chi connectivity index (χ1) is 20.2. The van der Waals surface area contributed by atoms with Gasteiger partial charge in [-0.2, -0.15) is 0 Å². The number of carbonyl (C=O) groups is 5. The monoisotopic (exact) mass is 571 g/mol. The zero-order valence-electron chi connectivity index (χ0n) is 23.9. The molecule has 2 aromatic carbocycles. The molecule has 4 rings (SSSR count). The number of fused-ring (bicyclic) bond motifs is 1. The Balaban J connectivity index is 1.54. The second-order valence-electron chi connectivity index (χ2n) is 11.2. The van der Waals surface area contributed by atoms with Crippen molar-refractivity contribution in [2.75, 3.05) is 6.54 Å². The first-order valence-electron chi connectivity index (χ1n) is 14.3. The van der Waals surface area contributed by atoms with E-state index >= 15 is 0 Å². The number of hydrogen-bond acceptors (Lipinski definition) is 7. The fourth-order valence-corrected chi connectivity index (χ4v) is 5.45. The topological polar surface area (TPSA) is 147 Å². The van der Waals surface area contributed by atoms with E-state index < -0.39 is 29.8 Å². The van der Waals surface area contributed by atoms with Crippen LogP contribution in [0.4, 0.5) is 0 Å². The van der Waals surface area contributed by atoms with Crippen molar-refractivity contribution >= 4 is 40.6 Å². The fraction of sp³-hybridized carbons (Fsp3) is 0.406. The lowest BCUT2D eigenvalue weighted by molar-refractivity contribution is -0.132. The van der Waals surface area contributed by atoms with Gasteiger partial charge in [0.15, 0.2) is 5.78 Å². The second-order valence-corrected chi connectivity index (χ2v) is 11.2. The Labute approximate surface area is 245 Å². The SMILES string of the molecule is CC(C)C[C@H](CC(=O)[C@H](Cc1cccc2ccccc12)NC(=O)c1cnccn1)C(=O)N[C@H](C=O)C[C@@H]1CCNC1=O. The Morgan fingerprint density at radius 2 is 1.86 bits per heavy atom. The molecule has 1 aliphatic heterocycles. The molecule has 42 heavy (non-hydrogen) atoms.